The summed E-state index contributed by atoms with van der Waals surface area (Å²) in [5.41, 5.74) is 3.07. The van der Waals surface area contributed by atoms with Crippen LogP contribution in [0.3, 0.4) is 0 Å². The van der Waals surface area contributed by atoms with Crippen molar-refractivity contribution in [2.75, 3.05) is 26.2 Å². The van der Waals surface area contributed by atoms with E-state index in [1.165, 1.54) is 11.1 Å². The minimum Gasteiger partial charge on any atom is -0.471 e. The zero-order valence-electron chi connectivity index (χ0n) is 16.7. The number of carbonyl (C=O) groups is 1. The monoisotopic (exact) mass is 390 g/mol. The van der Waals surface area contributed by atoms with E-state index in [4.69, 9.17) is 4.74 Å². The number of para-hydroxylation sites is 1. The second-order valence-electron chi connectivity index (χ2n) is 7.38. The second-order valence-corrected chi connectivity index (χ2v) is 7.38. The lowest BCUT2D eigenvalue weighted by Gasteiger charge is -2.34. The Kier molecular flexibility index (Phi) is 5.91. The molecule has 6 nitrogen and oxygen atoms in total. The van der Waals surface area contributed by atoms with Crippen LogP contribution < -0.4 is 4.74 Å². The minimum absolute atomic E-state index is 0.0151. The molecule has 0 radical (unpaired) electrons. The highest BCUT2D eigenvalue weighted by molar-refractivity contribution is 5.92. The molecule has 0 aliphatic carbocycles. The number of amides is 1. The molecule has 3 aromatic rings. The van der Waals surface area contributed by atoms with E-state index in [0.717, 1.165) is 38.5 Å². The van der Waals surface area contributed by atoms with Crippen LogP contribution in [0.4, 0.5) is 0 Å². The van der Waals surface area contributed by atoms with Gasteiger partial charge in [0.05, 0.1) is 0 Å². The van der Waals surface area contributed by atoms with Crippen molar-refractivity contribution in [1.82, 2.24) is 19.6 Å². The molecule has 1 aliphatic rings. The molecule has 0 spiro atoms. The minimum atomic E-state index is -0.0151. The van der Waals surface area contributed by atoms with Gasteiger partial charge in [-0.2, -0.15) is 5.10 Å². The molecule has 1 aromatic heterocycles. The maximum absolute atomic E-state index is 12.8. The van der Waals surface area contributed by atoms with E-state index in [1.807, 2.05) is 35.2 Å². The zero-order valence-corrected chi connectivity index (χ0v) is 16.7. The Morgan fingerprint density at radius 3 is 2.55 bits per heavy atom. The average Bonchev–Trinajstić information content (AvgIpc) is 3.22. The predicted octanol–water partition coefficient (Wildman–Crippen LogP) is 3.19. The third kappa shape index (κ3) is 5.03. The lowest BCUT2D eigenvalue weighted by molar-refractivity contribution is 0.0621. The van der Waals surface area contributed by atoms with Gasteiger partial charge in [0.2, 0.25) is 0 Å². The van der Waals surface area contributed by atoms with Crippen molar-refractivity contribution in [3.05, 3.63) is 83.7 Å². The molecule has 0 saturated carbocycles. The predicted molar refractivity (Wildman–Crippen MR) is 112 cm³/mol. The molecular weight excluding hydrogens is 364 g/mol. The first-order valence-electron chi connectivity index (χ1n) is 9.96. The number of nitrogens with zero attached hydrogens (tertiary/aromatic N) is 4. The third-order valence-corrected chi connectivity index (χ3v) is 5.11. The molecule has 1 amide bonds. The highest BCUT2D eigenvalue weighted by Crippen LogP contribution is 2.13. The molecule has 4 rings (SSSR count). The topological polar surface area (TPSA) is 50.6 Å². The number of hydrogen-bond acceptors (Lipinski definition) is 4. The maximum Gasteiger partial charge on any atom is 0.274 e. The number of ether oxygens (including phenoxy) is 1. The van der Waals surface area contributed by atoms with Crippen LogP contribution in [-0.4, -0.2) is 51.7 Å². The molecular formula is C23H26N4O2. The highest BCUT2D eigenvalue weighted by atomic mass is 16.5. The van der Waals surface area contributed by atoms with Gasteiger partial charge in [0.1, 0.15) is 5.75 Å². The summed E-state index contributed by atoms with van der Waals surface area (Å²) in [4.78, 5) is 17.1. The SMILES string of the molecule is Cc1cccc(CN2CCN(C(=O)c3ccn(COc4ccccc4)n3)CC2)c1. The van der Waals surface area contributed by atoms with Crippen LogP contribution in [0.25, 0.3) is 0 Å². The molecule has 1 aliphatic heterocycles. The molecule has 0 unspecified atom stereocenters. The van der Waals surface area contributed by atoms with Crippen LogP contribution in [0.15, 0.2) is 66.9 Å². The molecule has 2 aromatic carbocycles. The van der Waals surface area contributed by atoms with Gasteiger partial charge in [0, 0.05) is 38.9 Å². The lowest BCUT2D eigenvalue weighted by atomic mass is 10.1. The summed E-state index contributed by atoms with van der Waals surface area (Å²) in [5, 5.41) is 4.38. The summed E-state index contributed by atoms with van der Waals surface area (Å²) < 4.78 is 7.33. The number of carbonyl (C=O) groups excluding carboxylic acids is 1. The number of aromatic nitrogens is 2. The summed E-state index contributed by atoms with van der Waals surface area (Å²) in [6, 6.07) is 19.9. The number of aryl methyl sites for hydroxylation is 1. The fourth-order valence-electron chi connectivity index (χ4n) is 3.54. The van der Waals surface area contributed by atoms with Crippen molar-refractivity contribution in [2.45, 2.75) is 20.2 Å². The normalized spacial score (nSPS) is 14.7. The smallest absolute Gasteiger partial charge is 0.274 e. The molecule has 1 saturated heterocycles. The molecule has 6 heteroatoms. The largest absolute Gasteiger partial charge is 0.471 e. The Morgan fingerprint density at radius 1 is 1.00 bits per heavy atom. The van der Waals surface area contributed by atoms with Crippen LogP contribution in [0.2, 0.25) is 0 Å². The fraction of sp³-hybridized carbons (Fsp3) is 0.304. The van der Waals surface area contributed by atoms with Crippen LogP contribution >= 0.6 is 0 Å². The van der Waals surface area contributed by atoms with Crippen molar-refractivity contribution < 1.29 is 9.53 Å². The van der Waals surface area contributed by atoms with Crippen molar-refractivity contribution in [3.8, 4) is 5.75 Å². The Labute approximate surface area is 171 Å². The molecule has 1 fully saturated rings. The molecule has 0 N–H and O–H groups in total. The van der Waals surface area contributed by atoms with Gasteiger partial charge in [-0.3, -0.25) is 9.69 Å². The number of rotatable bonds is 6. The van der Waals surface area contributed by atoms with Gasteiger partial charge in [-0.15, -0.1) is 0 Å². The Bertz CT molecular complexity index is 946. The van der Waals surface area contributed by atoms with E-state index in [-0.39, 0.29) is 12.6 Å². The van der Waals surface area contributed by atoms with Gasteiger partial charge in [-0.05, 0) is 30.7 Å². The van der Waals surface area contributed by atoms with Crippen LogP contribution in [0.1, 0.15) is 21.6 Å². The van der Waals surface area contributed by atoms with Crippen LogP contribution in [0.5, 0.6) is 5.75 Å². The van der Waals surface area contributed by atoms with Crippen LogP contribution in [-0.2, 0) is 13.3 Å². The number of benzene rings is 2. The van der Waals surface area contributed by atoms with Crippen LogP contribution in [0, 0.1) is 6.92 Å². The van der Waals surface area contributed by atoms with E-state index in [1.54, 1.807) is 16.9 Å². The Hall–Kier alpha value is -3.12. The van der Waals surface area contributed by atoms with Crippen molar-refractivity contribution in [2.24, 2.45) is 0 Å². The van der Waals surface area contributed by atoms with Gasteiger partial charge >= 0.3 is 0 Å². The standard InChI is InChI=1S/C23H26N4O2/c1-19-6-5-7-20(16-19)17-25-12-14-26(15-13-25)23(28)22-10-11-27(24-22)18-29-21-8-3-2-4-9-21/h2-11,16H,12-15,17-18H2,1H3. The summed E-state index contributed by atoms with van der Waals surface area (Å²) >= 11 is 0. The summed E-state index contributed by atoms with van der Waals surface area (Å²) in [6.45, 7) is 6.51. The van der Waals surface area contributed by atoms with Gasteiger partial charge in [-0.1, -0.05) is 48.0 Å². The van der Waals surface area contributed by atoms with E-state index in [2.05, 4.69) is 41.2 Å². The average molecular weight is 390 g/mol. The van der Waals surface area contributed by atoms with Gasteiger partial charge < -0.3 is 9.64 Å². The summed E-state index contributed by atoms with van der Waals surface area (Å²) in [5.74, 6) is 0.763. The van der Waals surface area contributed by atoms with E-state index in [9.17, 15) is 4.79 Å². The summed E-state index contributed by atoms with van der Waals surface area (Å²) in [7, 11) is 0. The fourth-order valence-corrected chi connectivity index (χ4v) is 3.54. The first-order valence-corrected chi connectivity index (χ1v) is 9.96. The second kappa shape index (κ2) is 8.92. The van der Waals surface area contributed by atoms with Crippen molar-refractivity contribution in [3.63, 3.8) is 0 Å². The zero-order chi connectivity index (χ0) is 20.1. The summed E-state index contributed by atoms with van der Waals surface area (Å²) in [6.07, 6.45) is 1.78. The maximum atomic E-state index is 12.8. The van der Waals surface area contributed by atoms with E-state index >= 15 is 0 Å². The van der Waals surface area contributed by atoms with Gasteiger partial charge in [0.15, 0.2) is 12.4 Å². The number of piperazine rings is 1. The lowest BCUT2D eigenvalue weighted by Crippen LogP contribution is -2.48. The Balaban J connectivity index is 1.28. The van der Waals surface area contributed by atoms with Gasteiger partial charge in [-0.25, -0.2) is 4.68 Å². The molecule has 0 bridgehead atoms. The van der Waals surface area contributed by atoms with E-state index < -0.39 is 0 Å². The molecule has 150 valence electrons. The quantitative estimate of drug-likeness (QED) is 0.649. The van der Waals surface area contributed by atoms with E-state index in [0.29, 0.717) is 5.69 Å². The molecule has 0 atom stereocenters. The highest BCUT2D eigenvalue weighted by Gasteiger charge is 2.23. The molecule has 29 heavy (non-hydrogen) atoms. The van der Waals surface area contributed by atoms with Crippen molar-refractivity contribution in [1.29, 1.82) is 0 Å². The Morgan fingerprint density at radius 2 is 1.79 bits per heavy atom. The third-order valence-electron chi connectivity index (χ3n) is 5.11. The molecule has 2 heterocycles. The number of hydrogen-bond donors (Lipinski definition) is 0. The first-order chi connectivity index (χ1) is 14.2. The van der Waals surface area contributed by atoms with Gasteiger partial charge in [0.25, 0.3) is 5.91 Å². The van der Waals surface area contributed by atoms with Crippen molar-refractivity contribution >= 4 is 5.91 Å². The first kappa shape index (κ1) is 19.2.